The van der Waals surface area contributed by atoms with Gasteiger partial charge >= 0.3 is 0 Å². The summed E-state index contributed by atoms with van der Waals surface area (Å²) in [6, 6.07) is 5.41. The van der Waals surface area contributed by atoms with E-state index in [4.69, 9.17) is 10.5 Å². The van der Waals surface area contributed by atoms with Gasteiger partial charge in [0.25, 0.3) is 5.91 Å². The highest BCUT2D eigenvalue weighted by Crippen LogP contribution is 2.28. The molecular weight excluding hydrogens is 296 g/mol. The lowest BCUT2D eigenvalue weighted by atomic mass is 9.97. The van der Waals surface area contributed by atoms with Crippen molar-refractivity contribution in [2.24, 2.45) is 11.7 Å². The van der Waals surface area contributed by atoms with Crippen LogP contribution in [-0.4, -0.2) is 25.1 Å². The van der Waals surface area contributed by atoms with E-state index >= 15 is 0 Å². The Bertz CT molecular complexity index is 451. The van der Waals surface area contributed by atoms with Gasteiger partial charge in [-0.2, -0.15) is 0 Å². The van der Waals surface area contributed by atoms with Gasteiger partial charge in [-0.05, 0) is 46.9 Å². The zero-order valence-electron chi connectivity index (χ0n) is 10.3. The number of halogens is 1. The molecule has 0 spiro atoms. The van der Waals surface area contributed by atoms with Crippen LogP contribution in [-0.2, 0) is 0 Å². The summed E-state index contributed by atoms with van der Waals surface area (Å²) in [6.07, 6.45) is 1.15. The first-order valence-electron chi connectivity index (χ1n) is 6.05. The van der Waals surface area contributed by atoms with Gasteiger partial charge in [-0.3, -0.25) is 4.79 Å². The number of nitrogens with one attached hydrogen (secondary N) is 1. The van der Waals surface area contributed by atoms with E-state index in [9.17, 15) is 4.79 Å². The molecule has 2 unspecified atom stereocenters. The number of hydrogen-bond acceptors (Lipinski definition) is 3. The van der Waals surface area contributed by atoms with E-state index in [0.717, 1.165) is 19.5 Å². The summed E-state index contributed by atoms with van der Waals surface area (Å²) in [4.78, 5) is 11.5. The molecule has 1 aromatic carbocycles. The van der Waals surface area contributed by atoms with E-state index in [0.29, 0.717) is 21.7 Å². The minimum absolute atomic E-state index is 0.0751. The summed E-state index contributed by atoms with van der Waals surface area (Å²) in [5.74, 6) is 0.539. The average molecular weight is 313 g/mol. The van der Waals surface area contributed by atoms with Crippen molar-refractivity contribution in [2.75, 3.05) is 13.1 Å². The Hall–Kier alpha value is -1.07. The molecule has 0 aliphatic carbocycles. The highest BCUT2D eigenvalue weighted by molar-refractivity contribution is 9.10. The maximum absolute atomic E-state index is 11.5. The van der Waals surface area contributed by atoms with Crippen LogP contribution in [0.25, 0.3) is 0 Å². The normalized spacial score (nSPS) is 23.7. The third-order valence-corrected chi connectivity index (χ3v) is 3.92. The zero-order valence-corrected chi connectivity index (χ0v) is 11.9. The Morgan fingerprint density at radius 1 is 1.56 bits per heavy atom. The van der Waals surface area contributed by atoms with Gasteiger partial charge in [0.15, 0.2) is 0 Å². The highest BCUT2D eigenvalue weighted by Gasteiger charge is 2.24. The van der Waals surface area contributed by atoms with Gasteiger partial charge in [0.05, 0.1) is 5.56 Å². The molecule has 0 radical (unpaired) electrons. The predicted molar refractivity (Wildman–Crippen MR) is 73.7 cm³/mol. The van der Waals surface area contributed by atoms with Crippen molar-refractivity contribution in [3.8, 4) is 5.75 Å². The number of benzene rings is 1. The Morgan fingerprint density at radius 2 is 2.33 bits per heavy atom. The summed E-state index contributed by atoms with van der Waals surface area (Å²) in [5, 5.41) is 3.30. The SMILES string of the molecule is CC1CCNCC1Oc1cccc(Br)c1C(N)=O. The molecule has 2 atom stereocenters. The Morgan fingerprint density at radius 3 is 3.00 bits per heavy atom. The molecule has 3 N–H and O–H groups in total. The number of carbonyl (C=O) groups is 1. The molecule has 1 aromatic rings. The minimum atomic E-state index is -0.478. The lowest BCUT2D eigenvalue weighted by molar-refractivity contribution is 0.0964. The third-order valence-electron chi connectivity index (χ3n) is 3.26. The van der Waals surface area contributed by atoms with E-state index < -0.39 is 5.91 Å². The smallest absolute Gasteiger partial charge is 0.253 e. The maximum atomic E-state index is 11.5. The number of ether oxygens (including phenoxy) is 1. The molecule has 0 saturated carbocycles. The van der Waals surface area contributed by atoms with Crippen molar-refractivity contribution in [3.63, 3.8) is 0 Å². The Kier molecular flexibility index (Phi) is 4.24. The van der Waals surface area contributed by atoms with Crippen LogP contribution < -0.4 is 15.8 Å². The molecule has 2 rings (SSSR count). The van der Waals surface area contributed by atoms with Crippen LogP contribution in [0.3, 0.4) is 0 Å². The number of rotatable bonds is 3. The molecule has 1 aliphatic heterocycles. The van der Waals surface area contributed by atoms with Gasteiger partial charge < -0.3 is 15.8 Å². The lowest BCUT2D eigenvalue weighted by Crippen LogP contribution is -2.43. The fourth-order valence-electron chi connectivity index (χ4n) is 2.12. The van der Waals surface area contributed by atoms with Crippen molar-refractivity contribution < 1.29 is 9.53 Å². The number of piperidine rings is 1. The van der Waals surface area contributed by atoms with E-state index in [1.165, 1.54) is 0 Å². The second kappa shape index (κ2) is 5.71. The Balaban J connectivity index is 2.23. The summed E-state index contributed by atoms with van der Waals surface area (Å²) in [5.41, 5.74) is 5.80. The van der Waals surface area contributed by atoms with Gasteiger partial charge in [0.1, 0.15) is 11.9 Å². The van der Waals surface area contributed by atoms with E-state index in [1.807, 2.05) is 6.07 Å². The fourth-order valence-corrected chi connectivity index (χ4v) is 2.67. The standard InChI is InChI=1S/C13H17BrN2O2/c1-8-5-6-16-7-11(8)18-10-4-2-3-9(14)12(10)13(15)17/h2-4,8,11,16H,5-7H2,1H3,(H2,15,17). The molecule has 1 amide bonds. The van der Waals surface area contributed by atoms with Gasteiger partial charge in [-0.15, -0.1) is 0 Å². The molecule has 1 saturated heterocycles. The summed E-state index contributed by atoms with van der Waals surface area (Å²) in [7, 11) is 0. The molecule has 18 heavy (non-hydrogen) atoms. The monoisotopic (exact) mass is 312 g/mol. The number of nitrogens with two attached hydrogens (primary N) is 1. The molecule has 1 aliphatic rings. The van der Waals surface area contributed by atoms with Crippen LogP contribution in [0.15, 0.2) is 22.7 Å². The molecule has 1 fully saturated rings. The van der Waals surface area contributed by atoms with Crippen molar-refractivity contribution in [3.05, 3.63) is 28.2 Å². The fraction of sp³-hybridized carbons (Fsp3) is 0.462. The molecule has 0 bridgehead atoms. The molecule has 98 valence electrons. The summed E-state index contributed by atoms with van der Waals surface area (Å²) < 4.78 is 6.62. The molecular formula is C13H17BrN2O2. The van der Waals surface area contributed by atoms with Crippen molar-refractivity contribution in [1.82, 2.24) is 5.32 Å². The van der Waals surface area contributed by atoms with Crippen LogP contribution in [0.4, 0.5) is 0 Å². The van der Waals surface area contributed by atoms with Crippen LogP contribution in [0.5, 0.6) is 5.75 Å². The second-order valence-electron chi connectivity index (χ2n) is 4.60. The van der Waals surface area contributed by atoms with Crippen LogP contribution in [0.2, 0.25) is 0 Å². The van der Waals surface area contributed by atoms with Gasteiger partial charge in [0.2, 0.25) is 0 Å². The largest absolute Gasteiger partial charge is 0.488 e. The molecule has 5 heteroatoms. The quantitative estimate of drug-likeness (QED) is 0.896. The van der Waals surface area contributed by atoms with Crippen molar-refractivity contribution in [1.29, 1.82) is 0 Å². The van der Waals surface area contributed by atoms with Crippen LogP contribution >= 0.6 is 15.9 Å². The summed E-state index contributed by atoms with van der Waals surface area (Å²) in [6.45, 7) is 3.97. The van der Waals surface area contributed by atoms with Crippen LogP contribution in [0, 0.1) is 5.92 Å². The van der Waals surface area contributed by atoms with Crippen molar-refractivity contribution >= 4 is 21.8 Å². The number of primary amides is 1. The second-order valence-corrected chi connectivity index (χ2v) is 5.46. The first-order chi connectivity index (χ1) is 8.59. The zero-order chi connectivity index (χ0) is 13.1. The first-order valence-corrected chi connectivity index (χ1v) is 6.84. The topological polar surface area (TPSA) is 64.3 Å². The minimum Gasteiger partial charge on any atom is -0.488 e. The Labute approximate surface area is 115 Å². The van der Waals surface area contributed by atoms with Gasteiger partial charge in [-0.1, -0.05) is 13.0 Å². The van der Waals surface area contributed by atoms with E-state index in [2.05, 4.69) is 28.2 Å². The summed E-state index contributed by atoms with van der Waals surface area (Å²) >= 11 is 3.33. The van der Waals surface area contributed by atoms with Crippen molar-refractivity contribution in [2.45, 2.75) is 19.4 Å². The lowest BCUT2D eigenvalue weighted by Gasteiger charge is -2.30. The number of hydrogen-bond donors (Lipinski definition) is 2. The van der Waals surface area contributed by atoms with Crippen LogP contribution in [0.1, 0.15) is 23.7 Å². The van der Waals surface area contributed by atoms with E-state index in [-0.39, 0.29) is 6.10 Å². The number of amides is 1. The predicted octanol–water partition coefficient (Wildman–Crippen LogP) is 1.92. The first kappa shape index (κ1) is 13.4. The molecule has 4 nitrogen and oxygen atoms in total. The van der Waals surface area contributed by atoms with Gasteiger partial charge in [0, 0.05) is 11.0 Å². The van der Waals surface area contributed by atoms with E-state index in [1.54, 1.807) is 12.1 Å². The third kappa shape index (κ3) is 2.84. The molecule has 0 aromatic heterocycles. The maximum Gasteiger partial charge on any atom is 0.253 e. The highest BCUT2D eigenvalue weighted by atomic mass is 79.9. The van der Waals surface area contributed by atoms with Gasteiger partial charge in [-0.25, -0.2) is 0 Å². The average Bonchev–Trinajstić information content (AvgIpc) is 2.31. The number of carbonyl (C=O) groups excluding carboxylic acids is 1. The molecule has 1 heterocycles.